The quantitative estimate of drug-likeness (QED) is 0.459. The number of ketones is 1. The summed E-state index contributed by atoms with van der Waals surface area (Å²) in [6.45, 7) is 1.65. The van der Waals surface area contributed by atoms with E-state index in [2.05, 4.69) is 11.1 Å². The van der Waals surface area contributed by atoms with Crippen LogP contribution in [0.15, 0.2) is 0 Å². The second kappa shape index (κ2) is 9.47. The molecule has 0 aliphatic heterocycles. The number of hydrogen-bond acceptors (Lipinski definition) is 5. The Morgan fingerprint density at radius 3 is 2.39 bits per heavy atom. The second-order valence-electron chi connectivity index (χ2n) is 4.57. The molecule has 0 radical (unpaired) electrons. The predicted molar refractivity (Wildman–Crippen MR) is 69.8 cm³/mol. The van der Waals surface area contributed by atoms with E-state index in [-0.39, 0.29) is 12.2 Å². The summed E-state index contributed by atoms with van der Waals surface area (Å²) in [6, 6.07) is 0. The van der Waals surface area contributed by atoms with Gasteiger partial charge in [-0.3, -0.25) is 8.98 Å². The van der Waals surface area contributed by atoms with Crippen LogP contribution in [0.5, 0.6) is 0 Å². The maximum Gasteiger partial charge on any atom is 0.264 e. The van der Waals surface area contributed by atoms with Crippen molar-refractivity contribution in [3.05, 3.63) is 0 Å². The molecule has 0 aromatic heterocycles. The average molecular weight is 280 g/mol. The first-order chi connectivity index (χ1) is 8.35. The maximum absolute atomic E-state index is 11.3. The van der Waals surface area contributed by atoms with Crippen LogP contribution >= 0.6 is 0 Å². The Bertz CT molecular complexity index is 323. The lowest BCUT2D eigenvalue weighted by Gasteiger charge is -2.09. The van der Waals surface area contributed by atoms with Gasteiger partial charge in [-0.25, -0.2) is 0 Å². The number of carbonyl (C=O) groups is 1. The van der Waals surface area contributed by atoms with Crippen molar-refractivity contribution in [2.45, 2.75) is 58.0 Å². The van der Waals surface area contributed by atoms with E-state index in [0.717, 1.165) is 25.5 Å². The lowest BCUT2D eigenvalue weighted by atomic mass is 10.0. The molecule has 0 aliphatic rings. The van der Waals surface area contributed by atoms with E-state index in [0.29, 0.717) is 6.42 Å². The smallest absolute Gasteiger partial charge is 0.264 e. The minimum Gasteiger partial charge on any atom is -0.393 e. The number of aliphatic hydroxyl groups excluding tert-OH is 1. The molecule has 0 aliphatic carbocycles. The van der Waals surface area contributed by atoms with Gasteiger partial charge >= 0.3 is 0 Å². The van der Waals surface area contributed by atoms with E-state index in [4.69, 9.17) is 0 Å². The molecule has 1 N–H and O–H groups in total. The van der Waals surface area contributed by atoms with E-state index < -0.39 is 22.8 Å². The standard InChI is InChI=1S/C12H24O5S/c1-3-4-5-6-7-8-11(13)9-12(14)10-17-18(2,15)16/h11,13H,3-10H2,1-2H3. The van der Waals surface area contributed by atoms with E-state index in [1.165, 1.54) is 12.8 Å². The summed E-state index contributed by atoms with van der Waals surface area (Å²) in [5.74, 6) is -0.388. The molecule has 0 saturated heterocycles. The van der Waals surface area contributed by atoms with Crippen LogP contribution in [0.1, 0.15) is 51.9 Å². The van der Waals surface area contributed by atoms with Crippen LogP contribution in [0, 0.1) is 0 Å². The maximum atomic E-state index is 11.3. The highest BCUT2D eigenvalue weighted by molar-refractivity contribution is 7.86. The number of aliphatic hydroxyl groups is 1. The van der Waals surface area contributed by atoms with Gasteiger partial charge in [0.1, 0.15) is 6.61 Å². The molecule has 1 atom stereocenters. The third-order valence-corrected chi connectivity index (χ3v) is 3.08. The van der Waals surface area contributed by atoms with Gasteiger partial charge in [-0.2, -0.15) is 8.42 Å². The highest BCUT2D eigenvalue weighted by Crippen LogP contribution is 2.09. The monoisotopic (exact) mass is 280 g/mol. The second-order valence-corrected chi connectivity index (χ2v) is 6.21. The van der Waals surface area contributed by atoms with Crippen LogP contribution in [-0.2, 0) is 19.1 Å². The molecule has 5 nitrogen and oxygen atoms in total. The summed E-state index contributed by atoms with van der Waals surface area (Å²) in [5.41, 5.74) is 0. The zero-order valence-electron chi connectivity index (χ0n) is 11.2. The summed E-state index contributed by atoms with van der Waals surface area (Å²) >= 11 is 0. The van der Waals surface area contributed by atoms with Crippen molar-refractivity contribution in [3.63, 3.8) is 0 Å². The van der Waals surface area contributed by atoms with Gasteiger partial charge in [-0.15, -0.1) is 0 Å². The topological polar surface area (TPSA) is 80.7 Å². The van der Waals surface area contributed by atoms with Gasteiger partial charge in [-0.1, -0.05) is 39.0 Å². The molecule has 0 fully saturated rings. The van der Waals surface area contributed by atoms with Crippen LogP contribution in [0.4, 0.5) is 0 Å². The minimum absolute atomic E-state index is 0.0384. The van der Waals surface area contributed by atoms with Gasteiger partial charge in [0.05, 0.1) is 12.4 Å². The average Bonchev–Trinajstić information content (AvgIpc) is 2.25. The van der Waals surface area contributed by atoms with Crippen LogP contribution in [0.3, 0.4) is 0 Å². The van der Waals surface area contributed by atoms with Crippen molar-refractivity contribution >= 4 is 15.9 Å². The van der Waals surface area contributed by atoms with Gasteiger partial charge in [0.25, 0.3) is 10.1 Å². The molecular weight excluding hydrogens is 256 g/mol. The Morgan fingerprint density at radius 1 is 1.22 bits per heavy atom. The summed E-state index contributed by atoms with van der Waals surface area (Å²) in [6.07, 6.45) is 6.19. The molecule has 0 aromatic carbocycles. The number of hydrogen-bond donors (Lipinski definition) is 1. The molecule has 0 spiro atoms. The first-order valence-electron chi connectivity index (χ1n) is 6.39. The molecule has 0 bridgehead atoms. The fraction of sp³-hybridized carbons (Fsp3) is 0.917. The fourth-order valence-electron chi connectivity index (χ4n) is 1.58. The van der Waals surface area contributed by atoms with Crippen LogP contribution in [0.25, 0.3) is 0 Å². The molecule has 0 rings (SSSR count). The fourth-order valence-corrected chi connectivity index (χ4v) is 1.93. The molecule has 18 heavy (non-hydrogen) atoms. The summed E-state index contributed by atoms with van der Waals surface area (Å²) in [5, 5.41) is 9.58. The van der Waals surface area contributed by atoms with Crippen molar-refractivity contribution in [2.75, 3.05) is 12.9 Å². The van der Waals surface area contributed by atoms with Crippen molar-refractivity contribution in [1.29, 1.82) is 0 Å². The van der Waals surface area contributed by atoms with E-state index in [9.17, 15) is 18.3 Å². The number of unbranched alkanes of at least 4 members (excludes halogenated alkanes) is 4. The van der Waals surface area contributed by atoms with Gasteiger partial charge in [0.2, 0.25) is 0 Å². The van der Waals surface area contributed by atoms with Crippen LogP contribution in [0.2, 0.25) is 0 Å². The largest absolute Gasteiger partial charge is 0.393 e. The van der Waals surface area contributed by atoms with Crippen molar-refractivity contribution in [1.82, 2.24) is 0 Å². The molecular formula is C12H24O5S. The van der Waals surface area contributed by atoms with Gasteiger partial charge in [0, 0.05) is 6.42 Å². The highest BCUT2D eigenvalue weighted by atomic mass is 32.2. The predicted octanol–water partition coefficient (Wildman–Crippen LogP) is 1.64. The normalized spacial score (nSPS) is 13.5. The van der Waals surface area contributed by atoms with Crippen LogP contribution < -0.4 is 0 Å². The third kappa shape index (κ3) is 12.0. The van der Waals surface area contributed by atoms with Crippen molar-refractivity contribution in [2.24, 2.45) is 0 Å². The SMILES string of the molecule is CCCCCCCC(O)CC(=O)COS(C)(=O)=O. The Morgan fingerprint density at radius 2 is 1.83 bits per heavy atom. The summed E-state index contributed by atoms with van der Waals surface area (Å²) < 4.78 is 25.7. The van der Waals surface area contributed by atoms with Crippen molar-refractivity contribution < 1.29 is 22.5 Å². The molecule has 0 aromatic rings. The molecule has 108 valence electrons. The Balaban J connectivity index is 3.61. The van der Waals surface area contributed by atoms with Gasteiger partial charge < -0.3 is 5.11 Å². The van der Waals surface area contributed by atoms with Gasteiger partial charge in [0.15, 0.2) is 5.78 Å². The zero-order valence-corrected chi connectivity index (χ0v) is 12.0. The molecule has 0 heterocycles. The van der Waals surface area contributed by atoms with Crippen molar-refractivity contribution in [3.8, 4) is 0 Å². The Kier molecular flexibility index (Phi) is 9.23. The molecule has 0 saturated carbocycles. The van der Waals surface area contributed by atoms with E-state index in [1.807, 2.05) is 0 Å². The highest BCUT2D eigenvalue weighted by Gasteiger charge is 2.13. The Labute approximate surface area is 110 Å². The first kappa shape index (κ1) is 17.5. The molecule has 6 heteroatoms. The van der Waals surface area contributed by atoms with E-state index >= 15 is 0 Å². The first-order valence-corrected chi connectivity index (χ1v) is 8.21. The minimum atomic E-state index is -3.58. The van der Waals surface area contributed by atoms with Gasteiger partial charge in [-0.05, 0) is 6.42 Å². The number of rotatable bonds is 11. The summed E-state index contributed by atoms with van der Waals surface area (Å²) in [7, 11) is -3.58. The zero-order chi connectivity index (χ0) is 14.0. The molecule has 1 unspecified atom stereocenters. The number of carbonyl (C=O) groups excluding carboxylic acids is 1. The lowest BCUT2D eigenvalue weighted by molar-refractivity contribution is -0.122. The number of Topliss-reactive ketones (excluding diaryl/α,β-unsaturated/α-hetero) is 1. The molecule has 0 amide bonds. The Hall–Kier alpha value is -0.460. The van der Waals surface area contributed by atoms with Crippen LogP contribution in [-0.4, -0.2) is 38.3 Å². The lowest BCUT2D eigenvalue weighted by Crippen LogP contribution is -2.19. The van der Waals surface area contributed by atoms with E-state index in [1.54, 1.807) is 0 Å². The third-order valence-electron chi connectivity index (χ3n) is 2.54. The summed E-state index contributed by atoms with van der Waals surface area (Å²) in [4.78, 5) is 11.3.